The number of thiophene rings is 1. The number of methoxy groups -OCH3 is 1. The van der Waals surface area contributed by atoms with Gasteiger partial charge in [-0.15, -0.1) is 11.3 Å². The molecule has 3 nitrogen and oxygen atoms in total. The standard InChI is InChI=1S/C20H15NO2S/c1-23-19-9-8-16(20-3-2-10-24-20)12-17(19)18(22)11-14-4-6-15(13-21)7-5-14/h2-10,12H,11H2,1H3. The Balaban J connectivity index is 1.90. The Morgan fingerprint density at radius 1 is 1.17 bits per heavy atom. The second kappa shape index (κ2) is 7.12. The zero-order valence-electron chi connectivity index (χ0n) is 13.2. The van der Waals surface area contributed by atoms with Gasteiger partial charge in [-0.25, -0.2) is 0 Å². The summed E-state index contributed by atoms with van der Waals surface area (Å²) >= 11 is 1.64. The van der Waals surface area contributed by atoms with Crippen molar-refractivity contribution in [3.05, 3.63) is 76.7 Å². The zero-order chi connectivity index (χ0) is 16.9. The van der Waals surface area contributed by atoms with E-state index < -0.39 is 0 Å². The summed E-state index contributed by atoms with van der Waals surface area (Å²) < 4.78 is 5.35. The largest absolute Gasteiger partial charge is 0.496 e. The van der Waals surface area contributed by atoms with Gasteiger partial charge >= 0.3 is 0 Å². The van der Waals surface area contributed by atoms with Crippen molar-refractivity contribution < 1.29 is 9.53 Å². The number of hydrogen-bond acceptors (Lipinski definition) is 4. The van der Waals surface area contributed by atoms with E-state index in [9.17, 15) is 4.79 Å². The van der Waals surface area contributed by atoms with Crippen molar-refractivity contribution in [2.24, 2.45) is 0 Å². The second-order valence-electron chi connectivity index (χ2n) is 5.30. The first kappa shape index (κ1) is 16.0. The van der Waals surface area contributed by atoms with E-state index in [-0.39, 0.29) is 12.2 Å². The molecule has 2 aromatic carbocycles. The number of carbonyl (C=O) groups excluding carboxylic acids is 1. The number of nitrogens with zero attached hydrogens (tertiary/aromatic N) is 1. The summed E-state index contributed by atoms with van der Waals surface area (Å²) in [5.74, 6) is 0.573. The molecule has 0 fully saturated rings. The first-order valence-corrected chi connectivity index (χ1v) is 8.33. The molecule has 0 aliphatic heterocycles. The molecule has 0 radical (unpaired) electrons. The summed E-state index contributed by atoms with van der Waals surface area (Å²) in [6.07, 6.45) is 0.274. The van der Waals surface area contributed by atoms with Gasteiger partial charge in [0, 0.05) is 11.3 Å². The molecule has 0 atom stereocenters. The van der Waals surface area contributed by atoms with E-state index in [2.05, 4.69) is 6.07 Å². The summed E-state index contributed by atoms with van der Waals surface area (Å²) in [5.41, 5.74) is 3.05. The fourth-order valence-corrected chi connectivity index (χ4v) is 3.22. The molecule has 0 bridgehead atoms. The minimum absolute atomic E-state index is 0.00466. The van der Waals surface area contributed by atoms with Crippen LogP contribution in [0.15, 0.2) is 60.0 Å². The van der Waals surface area contributed by atoms with E-state index in [4.69, 9.17) is 10.00 Å². The Morgan fingerprint density at radius 3 is 2.58 bits per heavy atom. The lowest BCUT2D eigenvalue weighted by Crippen LogP contribution is -2.06. The number of nitriles is 1. The van der Waals surface area contributed by atoms with Gasteiger partial charge in [0.05, 0.1) is 24.3 Å². The highest BCUT2D eigenvalue weighted by molar-refractivity contribution is 7.13. The highest BCUT2D eigenvalue weighted by Crippen LogP contribution is 2.30. The lowest BCUT2D eigenvalue weighted by Gasteiger charge is -2.10. The van der Waals surface area contributed by atoms with Crippen molar-refractivity contribution in [1.82, 2.24) is 0 Å². The van der Waals surface area contributed by atoms with Crippen LogP contribution in [0.2, 0.25) is 0 Å². The Morgan fingerprint density at radius 2 is 1.96 bits per heavy atom. The van der Waals surface area contributed by atoms with Crippen molar-refractivity contribution in [1.29, 1.82) is 5.26 Å². The van der Waals surface area contributed by atoms with E-state index in [1.54, 1.807) is 30.6 Å². The molecule has 0 unspecified atom stereocenters. The molecule has 0 N–H and O–H groups in total. The monoisotopic (exact) mass is 333 g/mol. The molecule has 3 rings (SSSR count). The minimum atomic E-state index is -0.00466. The average Bonchev–Trinajstić information content (AvgIpc) is 3.16. The Kier molecular flexibility index (Phi) is 4.74. The van der Waals surface area contributed by atoms with Gasteiger partial charge in [0.15, 0.2) is 5.78 Å². The van der Waals surface area contributed by atoms with E-state index >= 15 is 0 Å². The van der Waals surface area contributed by atoms with Gasteiger partial charge in [-0.2, -0.15) is 5.26 Å². The van der Waals surface area contributed by atoms with Gasteiger partial charge in [-0.1, -0.05) is 18.2 Å². The van der Waals surface area contributed by atoms with E-state index in [0.717, 1.165) is 16.0 Å². The van der Waals surface area contributed by atoms with Crippen LogP contribution in [0.1, 0.15) is 21.5 Å². The molecule has 118 valence electrons. The normalized spacial score (nSPS) is 10.2. The quantitative estimate of drug-likeness (QED) is 0.635. The molecule has 0 saturated carbocycles. The van der Waals surface area contributed by atoms with Crippen molar-refractivity contribution >= 4 is 17.1 Å². The molecule has 0 spiro atoms. The fraction of sp³-hybridized carbons (Fsp3) is 0.100. The summed E-state index contributed by atoms with van der Waals surface area (Å²) in [7, 11) is 1.57. The summed E-state index contributed by atoms with van der Waals surface area (Å²) in [6, 6.07) is 18.8. The van der Waals surface area contributed by atoms with Crippen LogP contribution in [0.25, 0.3) is 10.4 Å². The molecule has 24 heavy (non-hydrogen) atoms. The highest BCUT2D eigenvalue weighted by Gasteiger charge is 2.15. The number of ether oxygens (including phenoxy) is 1. The van der Waals surface area contributed by atoms with Crippen LogP contribution in [-0.2, 0) is 6.42 Å². The van der Waals surface area contributed by atoms with Gasteiger partial charge in [0.2, 0.25) is 0 Å². The van der Waals surface area contributed by atoms with Crippen molar-refractivity contribution in [2.45, 2.75) is 6.42 Å². The summed E-state index contributed by atoms with van der Waals surface area (Å²) in [6.45, 7) is 0. The van der Waals surface area contributed by atoms with E-state index in [0.29, 0.717) is 16.9 Å². The molecular weight excluding hydrogens is 318 g/mol. The maximum absolute atomic E-state index is 12.7. The second-order valence-corrected chi connectivity index (χ2v) is 6.25. The van der Waals surface area contributed by atoms with Gasteiger partial charge in [-0.05, 0) is 52.9 Å². The number of benzene rings is 2. The average molecular weight is 333 g/mol. The Hall–Kier alpha value is -2.90. The van der Waals surface area contributed by atoms with Gasteiger partial charge < -0.3 is 4.74 Å². The summed E-state index contributed by atoms with van der Waals surface area (Å²) in [4.78, 5) is 13.8. The lowest BCUT2D eigenvalue weighted by molar-refractivity contribution is 0.0990. The van der Waals surface area contributed by atoms with Crippen molar-refractivity contribution in [3.63, 3.8) is 0 Å². The third kappa shape index (κ3) is 3.37. The molecule has 1 heterocycles. The molecule has 0 aliphatic rings. The topological polar surface area (TPSA) is 50.1 Å². The van der Waals surface area contributed by atoms with Gasteiger partial charge in [0.1, 0.15) is 5.75 Å². The van der Waals surface area contributed by atoms with Crippen LogP contribution in [0.3, 0.4) is 0 Å². The predicted octanol–water partition coefficient (Wildman–Crippen LogP) is 4.72. The number of carbonyl (C=O) groups is 1. The van der Waals surface area contributed by atoms with Crippen LogP contribution in [-0.4, -0.2) is 12.9 Å². The highest BCUT2D eigenvalue weighted by atomic mass is 32.1. The van der Waals surface area contributed by atoms with Crippen molar-refractivity contribution in [2.75, 3.05) is 7.11 Å². The number of Topliss-reactive ketones (excluding diaryl/α,β-unsaturated/α-hetero) is 1. The maximum Gasteiger partial charge on any atom is 0.170 e. The molecule has 0 saturated heterocycles. The van der Waals surface area contributed by atoms with Crippen LogP contribution >= 0.6 is 11.3 Å². The molecular formula is C20H15NO2S. The molecule has 3 aromatic rings. The third-order valence-corrected chi connectivity index (χ3v) is 4.67. The predicted molar refractivity (Wildman–Crippen MR) is 95.5 cm³/mol. The Labute approximate surface area is 144 Å². The third-order valence-electron chi connectivity index (χ3n) is 3.75. The van der Waals surface area contributed by atoms with Crippen LogP contribution in [0, 0.1) is 11.3 Å². The minimum Gasteiger partial charge on any atom is -0.496 e. The maximum atomic E-state index is 12.7. The first-order valence-electron chi connectivity index (χ1n) is 7.45. The van der Waals surface area contributed by atoms with E-state index in [1.165, 1.54) is 0 Å². The fourth-order valence-electron chi connectivity index (χ4n) is 2.50. The van der Waals surface area contributed by atoms with Crippen LogP contribution < -0.4 is 4.74 Å². The molecule has 4 heteroatoms. The molecule has 1 aromatic heterocycles. The van der Waals surface area contributed by atoms with Crippen LogP contribution in [0.4, 0.5) is 0 Å². The lowest BCUT2D eigenvalue weighted by atomic mass is 9.99. The smallest absolute Gasteiger partial charge is 0.170 e. The SMILES string of the molecule is COc1ccc(-c2cccs2)cc1C(=O)Cc1ccc(C#N)cc1. The number of hydrogen-bond donors (Lipinski definition) is 0. The molecule has 0 amide bonds. The van der Waals surface area contributed by atoms with E-state index in [1.807, 2.05) is 47.8 Å². The van der Waals surface area contributed by atoms with Gasteiger partial charge in [-0.3, -0.25) is 4.79 Å². The molecule has 0 aliphatic carbocycles. The summed E-state index contributed by atoms with van der Waals surface area (Å²) in [5, 5.41) is 10.9. The zero-order valence-corrected chi connectivity index (χ0v) is 14.0. The van der Waals surface area contributed by atoms with Crippen molar-refractivity contribution in [3.8, 4) is 22.3 Å². The number of rotatable bonds is 5. The van der Waals surface area contributed by atoms with Gasteiger partial charge in [0.25, 0.3) is 0 Å². The first-order chi connectivity index (χ1) is 11.7. The number of ketones is 1. The van der Waals surface area contributed by atoms with Crippen LogP contribution in [0.5, 0.6) is 5.75 Å². The Bertz CT molecular complexity index is 890.